The van der Waals surface area contributed by atoms with Gasteiger partial charge in [-0.2, -0.15) is 0 Å². The molecule has 1 amide bonds. The zero-order valence-electron chi connectivity index (χ0n) is 13.6. The molecule has 1 unspecified atom stereocenters. The number of rotatable bonds is 4. The molecule has 3 rings (SSSR count). The van der Waals surface area contributed by atoms with Gasteiger partial charge in [0.1, 0.15) is 4.99 Å². The number of thioether (sulfide) groups is 1. The summed E-state index contributed by atoms with van der Waals surface area (Å²) in [6, 6.07) is 3.74. The maximum absolute atomic E-state index is 12.1. The lowest BCUT2D eigenvalue weighted by Crippen LogP contribution is -2.40. The molecule has 0 saturated heterocycles. The van der Waals surface area contributed by atoms with E-state index in [9.17, 15) is 4.79 Å². The molecule has 2 aliphatic rings. The van der Waals surface area contributed by atoms with E-state index in [2.05, 4.69) is 10.6 Å². The molecule has 0 aliphatic carbocycles. The van der Waals surface area contributed by atoms with Gasteiger partial charge in [0.25, 0.3) is 0 Å². The van der Waals surface area contributed by atoms with E-state index in [1.807, 2.05) is 12.1 Å². The third-order valence-corrected chi connectivity index (χ3v) is 5.28. The first-order valence-corrected chi connectivity index (χ1v) is 8.73. The van der Waals surface area contributed by atoms with Gasteiger partial charge < -0.3 is 24.8 Å². The Morgan fingerprint density at radius 2 is 1.83 bits per heavy atom. The van der Waals surface area contributed by atoms with E-state index in [0.29, 0.717) is 34.5 Å². The second kappa shape index (κ2) is 6.90. The van der Waals surface area contributed by atoms with Crippen LogP contribution in [0, 0.1) is 0 Å². The Bertz CT molecular complexity index is 708. The number of methoxy groups -OCH3 is 3. The van der Waals surface area contributed by atoms with Crippen molar-refractivity contribution in [1.82, 2.24) is 10.6 Å². The Morgan fingerprint density at radius 1 is 1.17 bits per heavy atom. The molecule has 2 N–H and O–H groups in total. The minimum Gasteiger partial charge on any atom is -0.493 e. The molecule has 2 aliphatic heterocycles. The summed E-state index contributed by atoms with van der Waals surface area (Å²) in [4.78, 5) is 12.8. The van der Waals surface area contributed by atoms with Gasteiger partial charge in [-0.25, -0.2) is 0 Å². The van der Waals surface area contributed by atoms with E-state index in [1.54, 1.807) is 33.1 Å². The van der Waals surface area contributed by atoms with Crippen LogP contribution in [0.5, 0.6) is 17.2 Å². The first-order valence-electron chi connectivity index (χ1n) is 7.34. The molecular formula is C16H18N2O4S2. The monoisotopic (exact) mass is 366 g/mol. The van der Waals surface area contributed by atoms with Crippen molar-refractivity contribution in [2.75, 3.05) is 27.2 Å². The molecule has 0 aromatic heterocycles. The Kier molecular flexibility index (Phi) is 4.86. The van der Waals surface area contributed by atoms with Gasteiger partial charge in [-0.15, -0.1) is 0 Å². The molecule has 0 fully saturated rings. The first kappa shape index (κ1) is 16.9. The Labute approximate surface area is 149 Å². The summed E-state index contributed by atoms with van der Waals surface area (Å²) >= 11 is 7.01. The fourth-order valence-corrected chi connectivity index (χ4v) is 4.34. The van der Waals surface area contributed by atoms with Gasteiger partial charge in [-0.1, -0.05) is 24.0 Å². The zero-order chi connectivity index (χ0) is 17.3. The lowest BCUT2D eigenvalue weighted by molar-refractivity contribution is -0.120. The molecule has 2 heterocycles. The van der Waals surface area contributed by atoms with Crippen LogP contribution in [0.1, 0.15) is 17.9 Å². The van der Waals surface area contributed by atoms with Crippen molar-refractivity contribution in [3.05, 3.63) is 28.3 Å². The minimum atomic E-state index is -0.157. The van der Waals surface area contributed by atoms with Crippen molar-refractivity contribution >= 4 is 34.9 Å². The number of amides is 1. The van der Waals surface area contributed by atoms with Crippen molar-refractivity contribution in [3.63, 3.8) is 0 Å². The Morgan fingerprint density at radius 3 is 2.42 bits per heavy atom. The second-order valence-electron chi connectivity index (χ2n) is 5.30. The number of thiocarbonyl (C=S) groups is 1. The minimum absolute atomic E-state index is 0.0234. The molecule has 0 saturated carbocycles. The molecule has 0 spiro atoms. The van der Waals surface area contributed by atoms with E-state index in [0.717, 1.165) is 16.2 Å². The summed E-state index contributed by atoms with van der Waals surface area (Å²) in [7, 11) is 4.70. The fourth-order valence-electron chi connectivity index (χ4n) is 2.92. The molecule has 1 atom stereocenters. The van der Waals surface area contributed by atoms with Crippen molar-refractivity contribution < 1.29 is 19.0 Å². The number of benzene rings is 1. The van der Waals surface area contributed by atoms with Gasteiger partial charge in [0.05, 0.1) is 32.2 Å². The predicted molar refractivity (Wildman–Crippen MR) is 96.8 cm³/mol. The van der Waals surface area contributed by atoms with Crippen molar-refractivity contribution in [1.29, 1.82) is 0 Å². The lowest BCUT2D eigenvalue weighted by Gasteiger charge is -2.32. The van der Waals surface area contributed by atoms with E-state index < -0.39 is 0 Å². The van der Waals surface area contributed by atoms with E-state index >= 15 is 0 Å². The summed E-state index contributed by atoms with van der Waals surface area (Å²) in [5, 5.41) is 6.92. The van der Waals surface area contributed by atoms with E-state index in [-0.39, 0.29) is 11.8 Å². The smallest absolute Gasteiger partial charge is 0.225 e. The van der Waals surface area contributed by atoms with Crippen LogP contribution in [0.25, 0.3) is 0 Å². The van der Waals surface area contributed by atoms with Gasteiger partial charge in [0, 0.05) is 17.9 Å². The fraction of sp³-hybridized carbons (Fsp3) is 0.375. The Balaban J connectivity index is 2.13. The lowest BCUT2D eigenvalue weighted by atomic mass is 9.86. The Hall–Kier alpha value is -1.93. The normalized spacial score (nSPS) is 20.0. The van der Waals surface area contributed by atoms with Crippen molar-refractivity contribution in [2.24, 2.45) is 0 Å². The van der Waals surface area contributed by atoms with Gasteiger partial charge in [-0.3, -0.25) is 4.79 Å². The second-order valence-corrected chi connectivity index (χ2v) is 6.69. The van der Waals surface area contributed by atoms with Crippen molar-refractivity contribution in [2.45, 2.75) is 12.3 Å². The van der Waals surface area contributed by atoms with Crippen molar-refractivity contribution in [3.8, 4) is 17.2 Å². The molecule has 1 aromatic carbocycles. The van der Waals surface area contributed by atoms with Crippen LogP contribution in [-0.2, 0) is 4.79 Å². The number of ether oxygens (including phenoxy) is 3. The highest BCUT2D eigenvalue weighted by Crippen LogP contribution is 2.44. The highest BCUT2D eigenvalue weighted by molar-refractivity contribution is 8.03. The average molecular weight is 366 g/mol. The van der Waals surface area contributed by atoms with Gasteiger partial charge >= 0.3 is 0 Å². The maximum atomic E-state index is 12.1. The molecule has 8 heteroatoms. The van der Waals surface area contributed by atoms with Crippen LogP contribution in [0.15, 0.2) is 22.7 Å². The number of hydrogen-bond donors (Lipinski definition) is 2. The van der Waals surface area contributed by atoms with Crippen LogP contribution in [0.3, 0.4) is 0 Å². The summed E-state index contributed by atoms with van der Waals surface area (Å²) in [5.74, 6) is 2.11. The highest BCUT2D eigenvalue weighted by Gasteiger charge is 2.34. The zero-order valence-corrected chi connectivity index (χ0v) is 15.2. The van der Waals surface area contributed by atoms with Gasteiger partial charge in [0.15, 0.2) is 11.5 Å². The van der Waals surface area contributed by atoms with E-state index in [1.165, 1.54) is 0 Å². The third kappa shape index (κ3) is 2.91. The molecule has 6 nitrogen and oxygen atoms in total. The maximum Gasteiger partial charge on any atom is 0.225 e. The summed E-state index contributed by atoms with van der Waals surface area (Å²) < 4.78 is 16.2. The average Bonchev–Trinajstić information content (AvgIpc) is 2.59. The summed E-state index contributed by atoms with van der Waals surface area (Å²) in [6.45, 7) is 0. The molecule has 0 bridgehead atoms. The predicted octanol–water partition coefficient (Wildman–Crippen LogP) is 2.15. The van der Waals surface area contributed by atoms with Crippen LogP contribution < -0.4 is 24.8 Å². The largest absolute Gasteiger partial charge is 0.493 e. The van der Waals surface area contributed by atoms with Crippen LogP contribution in [0.4, 0.5) is 0 Å². The topological polar surface area (TPSA) is 68.8 Å². The molecule has 1 aromatic rings. The summed E-state index contributed by atoms with van der Waals surface area (Å²) in [6.07, 6.45) is 0.319. The molecule has 128 valence electrons. The number of carbonyl (C=O) groups excluding carboxylic acids is 1. The first-order chi connectivity index (χ1) is 11.6. The standard InChI is InChI=1S/C16H18N2O4S2/c1-20-10-4-8(5-11(21-2)14(10)22-3)9-6-12(19)18-16-13(9)15(23)17-7-24-16/h4-5,9H,6-7H2,1-3H3,(H,17,23)(H,18,19). The van der Waals surface area contributed by atoms with Crippen LogP contribution in [0.2, 0.25) is 0 Å². The molecular weight excluding hydrogens is 348 g/mol. The summed E-state index contributed by atoms with van der Waals surface area (Å²) in [5.41, 5.74) is 1.84. The van der Waals surface area contributed by atoms with Gasteiger partial charge in [-0.05, 0) is 17.7 Å². The number of nitrogens with one attached hydrogen (secondary N) is 2. The number of hydrogen-bond acceptors (Lipinski definition) is 6. The van der Waals surface area contributed by atoms with Crippen LogP contribution in [-0.4, -0.2) is 38.1 Å². The third-order valence-electron chi connectivity index (χ3n) is 4.02. The highest BCUT2D eigenvalue weighted by atomic mass is 32.2. The SMILES string of the molecule is COc1cc(C2CC(=O)NC3=C2C(=S)NCS3)cc(OC)c1OC. The quantitative estimate of drug-likeness (QED) is 0.792. The number of carbonyl (C=O) groups is 1. The molecule has 0 radical (unpaired) electrons. The van der Waals surface area contributed by atoms with Gasteiger partial charge in [0.2, 0.25) is 11.7 Å². The van der Waals surface area contributed by atoms with E-state index in [4.69, 9.17) is 26.4 Å². The molecule has 24 heavy (non-hydrogen) atoms. The van der Waals surface area contributed by atoms with Crippen LogP contribution >= 0.6 is 24.0 Å².